The van der Waals surface area contributed by atoms with Crippen LogP contribution in [0.15, 0.2) is 36.7 Å². The van der Waals surface area contributed by atoms with Crippen LogP contribution in [0.1, 0.15) is 0 Å². The van der Waals surface area contributed by atoms with Gasteiger partial charge in [-0.25, -0.2) is 4.98 Å². The first-order valence-corrected chi connectivity index (χ1v) is 4.57. The van der Waals surface area contributed by atoms with Gasteiger partial charge < -0.3 is 0 Å². The highest BCUT2D eigenvalue weighted by Crippen LogP contribution is 2.19. The van der Waals surface area contributed by atoms with E-state index in [0.29, 0.717) is 0 Å². The molecule has 0 saturated heterocycles. The minimum absolute atomic E-state index is 1.01. The maximum absolute atomic E-state index is 4.38. The molecule has 0 radical (unpaired) electrons. The van der Waals surface area contributed by atoms with Crippen molar-refractivity contribution in [2.45, 2.75) is 0 Å². The van der Waals surface area contributed by atoms with Gasteiger partial charge in [-0.3, -0.25) is 0 Å². The van der Waals surface area contributed by atoms with Crippen molar-refractivity contribution < 1.29 is 4.68 Å². The molecule has 0 amide bonds. The molecule has 0 unspecified atom stereocenters. The average molecular weight is 184 g/mol. The summed E-state index contributed by atoms with van der Waals surface area (Å²) in [5.41, 5.74) is 2.16. The monoisotopic (exact) mass is 184 g/mol. The van der Waals surface area contributed by atoms with E-state index in [1.807, 2.05) is 30.2 Å². The van der Waals surface area contributed by atoms with Gasteiger partial charge in [-0.2, -0.15) is 5.10 Å². The van der Waals surface area contributed by atoms with Crippen molar-refractivity contribution in [3.05, 3.63) is 36.7 Å². The van der Waals surface area contributed by atoms with Crippen LogP contribution in [-0.4, -0.2) is 10.1 Å². The van der Waals surface area contributed by atoms with E-state index in [-0.39, 0.29) is 0 Å². The molecule has 2 aromatic heterocycles. The summed E-state index contributed by atoms with van der Waals surface area (Å²) in [6.45, 7) is 0. The van der Waals surface area contributed by atoms with Crippen LogP contribution in [0.3, 0.4) is 0 Å². The summed E-state index contributed by atoms with van der Waals surface area (Å²) in [7, 11) is 2.00. The Bertz CT molecular complexity index is 610. The predicted octanol–water partition coefficient (Wildman–Crippen LogP) is 1.54. The van der Waals surface area contributed by atoms with Gasteiger partial charge in [-0.1, -0.05) is 18.2 Å². The summed E-state index contributed by atoms with van der Waals surface area (Å²) in [5.74, 6) is 0. The number of aryl methyl sites for hydroxylation is 1. The molecule has 14 heavy (non-hydrogen) atoms. The third kappa shape index (κ3) is 0.865. The molecule has 1 aromatic carbocycles. The quantitative estimate of drug-likeness (QED) is 0.528. The van der Waals surface area contributed by atoms with Gasteiger partial charge in [0.25, 0.3) is 5.52 Å². The number of aromatic nitrogens is 3. The highest BCUT2D eigenvalue weighted by Gasteiger charge is 2.11. The van der Waals surface area contributed by atoms with Crippen molar-refractivity contribution in [3.8, 4) is 0 Å². The first kappa shape index (κ1) is 7.50. The van der Waals surface area contributed by atoms with Gasteiger partial charge in [0.2, 0.25) is 0 Å². The zero-order chi connectivity index (χ0) is 9.54. The van der Waals surface area contributed by atoms with Crippen molar-refractivity contribution in [1.82, 2.24) is 10.1 Å². The van der Waals surface area contributed by atoms with Crippen LogP contribution >= 0.6 is 0 Å². The standard InChI is InChI=1S/C11H9N3/c1-14-11-9-5-3-2-4-8(9)6-12-10(11)7-13-14/h2-7H,1H3/p+1. The molecule has 0 atom stereocenters. The van der Waals surface area contributed by atoms with Crippen LogP contribution in [0, 0.1) is 0 Å². The van der Waals surface area contributed by atoms with Gasteiger partial charge in [0, 0.05) is 11.6 Å². The smallest absolute Gasteiger partial charge is 0.247 e. The number of H-pyrrole nitrogens is 1. The zero-order valence-electron chi connectivity index (χ0n) is 7.86. The van der Waals surface area contributed by atoms with E-state index in [4.69, 9.17) is 0 Å². The van der Waals surface area contributed by atoms with E-state index < -0.39 is 0 Å². The molecule has 0 aliphatic carbocycles. The summed E-state index contributed by atoms with van der Waals surface area (Å²) in [6.07, 6.45) is 3.83. The highest BCUT2D eigenvalue weighted by atomic mass is 15.3. The number of nitrogens with zero attached hydrogens (tertiary/aromatic N) is 2. The van der Waals surface area contributed by atoms with Crippen molar-refractivity contribution >= 4 is 21.8 Å². The molecule has 0 bridgehead atoms. The molecule has 3 aromatic rings. The topological polar surface area (TPSA) is 32.6 Å². The van der Waals surface area contributed by atoms with Crippen LogP contribution in [0.4, 0.5) is 0 Å². The second kappa shape index (κ2) is 2.54. The second-order valence-electron chi connectivity index (χ2n) is 3.41. The number of pyridine rings is 1. The maximum atomic E-state index is 4.38. The van der Waals surface area contributed by atoms with Crippen molar-refractivity contribution in [2.75, 3.05) is 0 Å². The number of aromatic amines is 1. The Hall–Kier alpha value is -1.90. The Morgan fingerprint density at radius 3 is 3.07 bits per heavy atom. The first-order valence-electron chi connectivity index (χ1n) is 4.57. The van der Waals surface area contributed by atoms with Crippen LogP contribution in [0.2, 0.25) is 0 Å². The number of nitrogens with one attached hydrogen (secondary N) is 1. The Labute approximate surface area is 81.0 Å². The molecule has 0 saturated carbocycles. The average Bonchev–Trinajstić information content (AvgIpc) is 2.61. The number of benzene rings is 1. The lowest BCUT2D eigenvalue weighted by Crippen LogP contribution is -2.29. The lowest BCUT2D eigenvalue weighted by molar-refractivity contribution is -0.702. The van der Waals surface area contributed by atoms with Crippen molar-refractivity contribution in [2.24, 2.45) is 7.05 Å². The molecule has 2 heterocycles. The van der Waals surface area contributed by atoms with Crippen LogP contribution < -0.4 is 4.68 Å². The molecular weight excluding hydrogens is 174 g/mol. The number of fused-ring (bicyclic) bond motifs is 3. The summed E-state index contributed by atoms with van der Waals surface area (Å²) < 4.78 is 1.99. The molecule has 0 aliphatic rings. The van der Waals surface area contributed by atoms with E-state index >= 15 is 0 Å². The van der Waals surface area contributed by atoms with Crippen LogP contribution in [0.25, 0.3) is 21.8 Å². The lowest BCUT2D eigenvalue weighted by atomic mass is 10.1. The molecule has 0 spiro atoms. The van der Waals surface area contributed by atoms with Gasteiger partial charge in [0.05, 0.1) is 11.6 Å². The molecular formula is C11H10N3+. The van der Waals surface area contributed by atoms with Crippen LogP contribution in [0.5, 0.6) is 0 Å². The van der Waals surface area contributed by atoms with Crippen molar-refractivity contribution in [3.63, 3.8) is 0 Å². The fourth-order valence-electron chi connectivity index (χ4n) is 1.84. The summed E-state index contributed by atoms with van der Waals surface area (Å²) >= 11 is 0. The Kier molecular flexibility index (Phi) is 1.36. The molecule has 3 heteroatoms. The Morgan fingerprint density at radius 1 is 1.29 bits per heavy atom. The normalized spacial score (nSPS) is 11.2. The minimum Gasteiger partial charge on any atom is -0.247 e. The molecule has 68 valence electrons. The van der Waals surface area contributed by atoms with Gasteiger partial charge >= 0.3 is 0 Å². The second-order valence-corrected chi connectivity index (χ2v) is 3.41. The fourth-order valence-corrected chi connectivity index (χ4v) is 1.84. The molecule has 0 fully saturated rings. The third-order valence-corrected chi connectivity index (χ3v) is 2.53. The summed E-state index contributed by atoms with van der Waals surface area (Å²) in [4.78, 5) is 4.38. The third-order valence-electron chi connectivity index (χ3n) is 2.53. The number of hydrogen-bond donors (Lipinski definition) is 1. The predicted molar refractivity (Wildman–Crippen MR) is 54.8 cm³/mol. The van der Waals surface area contributed by atoms with Gasteiger partial charge in [-0.05, 0) is 6.07 Å². The molecule has 3 rings (SSSR count). The Morgan fingerprint density at radius 2 is 2.14 bits per heavy atom. The SMILES string of the molecule is C[n+]1[nH]cc2ncc3ccccc3c21. The summed E-state index contributed by atoms with van der Waals surface area (Å²) in [6, 6.07) is 8.28. The van der Waals surface area contributed by atoms with E-state index in [1.54, 1.807) is 0 Å². The van der Waals surface area contributed by atoms with Gasteiger partial charge in [0.1, 0.15) is 0 Å². The first-order chi connectivity index (χ1) is 6.86. The van der Waals surface area contributed by atoms with E-state index in [0.717, 1.165) is 11.0 Å². The highest BCUT2D eigenvalue weighted by molar-refractivity contribution is 6.00. The van der Waals surface area contributed by atoms with Gasteiger partial charge in [0.15, 0.2) is 12.6 Å². The van der Waals surface area contributed by atoms with E-state index in [1.165, 1.54) is 10.8 Å². The van der Waals surface area contributed by atoms with Crippen LogP contribution in [-0.2, 0) is 7.05 Å². The van der Waals surface area contributed by atoms with E-state index in [9.17, 15) is 0 Å². The van der Waals surface area contributed by atoms with Gasteiger partial charge in [-0.15, -0.1) is 4.68 Å². The zero-order valence-corrected chi connectivity index (χ0v) is 7.86. The lowest BCUT2D eigenvalue weighted by Gasteiger charge is -1.94. The summed E-state index contributed by atoms with van der Waals surface area (Å²) in [5, 5.41) is 5.54. The van der Waals surface area contributed by atoms with Crippen molar-refractivity contribution in [1.29, 1.82) is 0 Å². The Balaban J connectivity index is 2.65. The van der Waals surface area contributed by atoms with E-state index in [2.05, 4.69) is 28.3 Å². The number of rotatable bonds is 0. The fraction of sp³-hybridized carbons (Fsp3) is 0.0909. The largest absolute Gasteiger partial charge is 0.264 e. The maximum Gasteiger partial charge on any atom is 0.264 e. The molecule has 3 nitrogen and oxygen atoms in total. The molecule has 1 N–H and O–H groups in total. The number of hydrogen-bond acceptors (Lipinski definition) is 1. The minimum atomic E-state index is 1.01. The molecule has 0 aliphatic heterocycles.